The van der Waals surface area contributed by atoms with Crippen LogP contribution in [0, 0.1) is 0 Å². The molecule has 2 aromatic rings. The number of aliphatic hydroxyl groups excluding tert-OH is 1. The van der Waals surface area contributed by atoms with E-state index in [-0.39, 0.29) is 6.61 Å². The lowest BCUT2D eigenvalue weighted by Gasteiger charge is -2.04. The van der Waals surface area contributed by atoms with Gasteiger partial charge in [0.25, 0.3) is 0 Å². The summed E-state index contributed by atoms with van der Waals surface area (Å²) < 4.78 is 2.14. The summed E-state index contributed by atoms with van der Waals surface area (Å²) in [5, 5.41) is 19.1. The second kappa shape index (κ2) is 4.36. The minimum atomic E-state index is 0.250. The van der Waals surface area contributed by atoms with Gasteiger partial charge in [0.05, 0.1) is 0 Å². The Morgan fingerprint density at radius 3 is 2.80 bits per heavy atom. The minimum Gasteiger partial charge on any atom is -0.508 e. The van der Waals surface area contributed by atoms with E-state index in [1.165, 1.54) is 0 Å². The molecule has 0 unspecified atom stereocenters. The van der Waals surface area contributed by atoms with Gasteiger partial charge in [0.2, 0.25) is 0 Å². The zero-order chi connectivity index (χ0) is 10.7. The van der Waals surface area contributed by atoms with Crippen molar-refractivity contribution >= 4 is 10.9 Å². The summed E-state index contributed by atoms with van der Waals surface area (Å²) >= 11 is 0. The van der Waals surface area contributed by atoms with E-state index in [4.69, 9.17) is 5.11 Å². The van der Waals surface area contributed by atoms with Crippen molar-refractivity contribution in [2.24, 2.45) is 0 Å². The smallest absolute Gasteiger partial charge is 0.116 e. The van der Waals surface area contributed by atoms with Gasteiger partial charge in [-0.05, 0) is 37.1 Å². The molecule has 0 fully saturated rings. The summed E-state index contributed by atoms with van der Waals surface area (Å²) in [6, 6.07) is 7.38. The molecular formula is C12H15NO2. The van der Waals surface area contributed by atoms with Crippen LogP contribution >= 0.6 is 0 Å². The monoisotopic (exact) mass is 205 g/mol. The molecule has 80 valence electrons. The SMILES string of the molecule is OCCCCn1ccc2cc(O)ccc21. The number of benzene rings is 1. The number of hydrogen-bond acceptors (Lipinski definition) is 2. The normalized spacial score (nSPS) is 11.0. The van der Waals surface area contributed by atoms with Gasteiger partial charge in [0.15, 0.2) is 0 Å². The van der Waals surface area contributed by atoms with E-state index in [0.29, 0.717) is 5.75 Å². The second-order valence-corrected chi connectivity index (χ2v) is 3.68. The Morgan fingerprint density at radius 1 is 1.13 bits per heavy atom. The van der Waals surface area contributed by atoms with E-state index in [2.05, 4.69) is 4.57 Å². The van der Waals surface area contributed by atoms with E-state index in [9.17, 15) is 5.11 Å². The van der Waals surface area contributed by atoms with Crippen LogP contribution in [0.4, 0.5) is 0 Å². The van der Waals surface area contributed by atoms with Crippen LogP contribution in [0.25, 0.3) is 10.9 Å². The Kier molecular flexibility index (Phi) is 2.92. The highest BCUT2D eigenvalue weighted by Crippen LogP contribution is 2.21. The Bertz CT molecular complexity index is 448. The van der Waals surface area contributed by atoms with Crippen LogP contribution in [0.2, 0.25) is 0 Å². The third kappa shape index (κ3) is 2.13. The molecule has 0 aliphatic heterocycles. The zero-order valence-electron chi connectivity index (χ0n) is 8.56. The number of fused-ring (bicyclic) bond motifs is 1. The van der Waals surface area contributed by atoms with Crippen LogP contribution in [-0.4, -0.2) is 21.4 Å². The molecule has 0 radical (unpaired) electrons. The first kappa shape index (κ1) is 10.1. The molecule has 3 nitrogen and oxygen atoms in total. The minimum absolute atomic E-state index is 0.250. The van der Waals surface area contributed by atoms with E-state index in [1.54, 1.807) is 12.1 Å². The summed E-state index contributed by atoms with van der Waals surface area (Å²) in [5.41, 5.74) is 1.13. The summed E-state index contributed by atoms with van der Waals surface area (Å²) in [6.07, 6.45) is 3.82. The van der Waals surface area contributed by atoms with Crippen molar-refractivity contribution in [3.63, 3.8) is 0 Å². The topological polar surface area (TPSA) is 45.4 Å². The van der Waals surface area contributed by atoms with Crippen LogP contribution in [0.3, 0.4) is 0 Å². The largest absolute Gasteiger partial charge is 0.508 e. The number of unbranched alkanes of at least 4 members (excludes halogenated alkanes) is 1. The Hall–Kier alpha value is -1.48. The first-order valence-electron chi connectivity index (χ1n) is 5.20. The van der Waals surface area contributed by atoms with Crippen molar-refractivity contribution in [1.29, 1.82) is 0 Å². The number of nitrogens with zero attached hydrogens (tertiary/aromatic N) is 1. The summed E-state index contributed by atoms with van der Waals surface area (Å²) in [5.74, 6) is 0.301. The third-order valence-electron chi connectivity index (χ3n) is 2.56. The van der Waals surface area contributed by atoms with Crippen LogP contribution < -0.4 is 0 Å². The van der Waals surface area contributed by atoms with Gasteiger partial charge in [-0.2, -0.15) is 0 Å². The first-order chi connectivity index (χ1) is 7.31. The molecule has 0 aliphatic rings. The molecule has 0 amide bonds. The molecule has 0 saturated heterocycles. The molecule has 0 atom stereocenters. The van der Waals surface area contributed by atoms with E-state index in [0.717, 1.165) is 30.3 Å². The maximum atomic E-state index is 9.31. The predicted molar refractivity (Wildman–Crippen MR) is 59.9 cm³/mol. The van der Waals surface area contributed by atoms with Crippen molar-refractivity contribution in [1.82, 2.24) is 4.57 Å². The predicted octanol–water partition coefficient (Wildman–Crippen LogP) is 2.12. The van der Waals surface area contributed by atoms with Crippen molar-refractivity contribution < 1.29 is 10.2 Å². The molecule has 0 spiro atoms. The molecule has 0 saturated carbocycles. The Labute approximate surface area is 88.6 Å². The van der Waals surface area contributed by atoms with Gasteiger partial charge < -0.3 is 14.8 Å². The molecule has 3 heteroatoms. The van der Waals surface area contributed by atoms with Gasteiger partial charge in [-0.3, -0.25) is 0 Å². The van der Waals surface area contributed by atoms with Gasteiger partial charge in [0, 0.05) is 30.3 Å². The quantitative estimate of drug-likeness (QED) is 0.751. The van der Waals surface area contributed by atoms with Gasteiger partial charge in [0.1, 0.15) is 5.75 Å². The lowest BCUT2D eigenvalue weighted by atomic mass is 10.2. The number of aromatic nitrogens is 1. The zero-order valence-corrected chi connectivity index (χ0v) is 8.56. The van der Waals surface area contributed by atoms with Crippen molar-refractivity contribution in [2.45, 2.75) is 19.4 Å². The summed E-state index contributed by atoms with van der Waals surface area (Å²) in [7, 11) is 0. The average molecular weight is 205 g/mol. The molecule has 0 bridgehead atoms. The number of phenols is 1. The maximum Gasteiger partial charge on any atom is 0.116 e. The van der Waals surface area contributed by atoms with E-state index < -0.39 is 0 Å². The van der Waals surface area contributed by atoms with Gasteiger partial charge >= 0.3 is 0 Å². The number of hydrogen-bond donors (Lipinski definition) is 2. The molecule has 1 aromatic carbocycles. The number of aryl methyl sites for hydroxylation is 1. The summed E-state index contributed by atoms with van der Waals surface area (Å²) in [6.45, 7) is 1.16. The van der Waals surface area contributed by atoms with Crippen molar-refractivity contribution in [3.05, 3.63) is 30.5 Å². The van der Waals surface area contributed by atoms with Crippen LogP contribution in [0.5, 0.6) is 5.75 Å². The van der Waals surface area contributed by atoms with Gasteiger partial charge in [-0.15, -0.1) is 0 Å². The highest BCUT2D eigenvalue weighted by molar-refractivity contribution is 5.81. The second-order valence-electron chi connectivity index (χ2n) is 3.68. The number of aromatic hydroxyl groups is 1. The molecule has 15 heavy (non-hydrogen) atoms. The number of aliphatic hydroxyl groups is 1. The fourth-order valence-corrected chi connectivity index (χ4v) is 1.78. The molecule has 0 aliphatic carbocycles. The van der Waals surface area contributed by atoms with Crippen LogP contribution in [-0.2, 0) is 6.54 Å². The van der Waals surface area contributed by atoms with Gasteiger partial charge in [-0.25, -0.2) is 0 Å². The van der Waals surface area contributed by atoms with Crippen LogP contribution in [0.1, 0.15) is 12.8 Å². The standard InChI is InChI=1S/C12H15NO2/c14-8-2-1-6-13-7-5-10-9-11(15)3-4-12(10)13/h3-5,7,9,14-15H,1-2,6,8H2. The van der Waals surface area contributed by atoms with Crippen molar-refractivity contribution in [2.75, 3.05) is 6.61 Å². The number of phenolic OH excluding ortho intramolecular Hbond substituents is 1. The van der Waals surface area contributed by atoms with Crippen molar-refractivity contribution in [3.8, 4) is 5.75 Å². The molecule has 1 heterocycles. The highest BCUT2D eigenvalue weighted by Gasteiger charge is 2.00. The van der Waals surface area contributed by atoms with Crippen LogP contribution in [0.15, 0.2) is 30.5 Å². The number of rotatable bonds is 4. The van der Waals surface area contributed by atoms with E-state index >= 15 is 0 Å². The average Bonchev–Trinajstić information content (AvgIpc) is 2.61. The highest BCUT2D eigenvalue weighted by atomic mass is 16.3. The molecule has 1 aromatic heterocycles. The third-order valence-corrected chi connectivity index (χ3v) is 2.56. The fourth-order valence-electron chi connectivity index (χ4n) is 1.78. The fraction of sp³-hybridized carbons (Fsp3) is 0.333. The van der Waals surface area contributed by atoms with Gasteiger partial charge in [-0.1, -0.05) is 0 Å². The van der Waals surface area contributed by atoms with E-state index in [1.807, 2.05) is 18.3 Å². The molecular weight excluding hydrogens is 190 g/mol. The molecule has 2 rings (SSSR count). The molecule has 2 N–H and O–H groups in total. The first-order valence-corrected chi connectivity index (χ1v) is 5.20. The lowest BCUT2D eigenvalue weighted by Crippen LogP contribution is -1.96. The lowest BCUT2D eigenvalue weighted by molar-refractivity contribution is 0.281. The summed E-state index contributed by atoms with van der Waals surface area (Å²) in [4.78, 5) is 0. The Balaban J connectivity index is 2.21. The Morgan fingerprint density at radius 2 is 2.00 bits per heavy atom. The maximum absolute atomic E-state index is 9.31.